The lowest BCUT2D eigenvalue weighted by atomic mass is 10.0. The van der Waals surface area contributed by atoms with E-state index in [4.69, 9.17) is 11.6 Å². The van der Waals surface area contributed by atoms with Crippen LogP contribution >= 0.6 is 22.9 Å². The number of halogens is 1. The average Bonchev–Trinajstić information content (AvgIpc) is 3.14. The van der Waals surface area contributed by atoms with Gasteiger partial charge < -0.3 is 0 Å². The molecule has 0 radical (unpaired) electrons. The molecule has 0 aliphatic heterocycles. The second kappa shape index (κ2) is 8.81. The van der Waals surface area contributed by atoms with E-state index in [9.17, 15) is 5.26 Å². The maximum Gasteiger partial charge on any atom is 0.196 e. The smallest absolute Gasteiger partial charge is 0.196 e. The van der Waals surface area contributed by atoms with Gasteiger partial charge in [-0.1, -0.05) is 49.7 Å². The van der Waals surface area contributed by atoms with Gasteiger partial charge in [0.05, 0.1) is 11.4 Å². The summed E-state index contributed by atoms with van der Waals surface area (Å²) in [6.07, 6.45) is 1.06. The van der Waals surface area contributed by atoms with Gasteiger partial charge in [0.15, 0.2) is 10.7 Å². The number of hydrogen-bond acceptors (Lipinski definition) is 5. The van der Waals surface area contributed by atoms with Gasteiger partial charge in [-0.2, -0.15) is 10.4 Å². The van der Waals surface area contributed by atoms with Crippen molar-refractivity contribution in [2.24, 2.45) is 11.0 Å². The Morgan fingerprint density at radius 3 is 2.52 bits per heavy atom. The molecule has 0 saturated heterocycles. The van der Waals surface area contributed by atoms with Gasteiger partial charge in [-0.25, -0.2) is 4.98 Å². The van der Waals surface area contributed by atoms with Gasteiger partial charge >= 0.3 is 0 Å². The minimum atomic E-state index is 0.248. The molecule has 1 aromatic heterocycles. The van der Waals surface area contributed by atoms with Crippen molar-refractivity contribution in [1.82, 2.24) is 4.98 Å². The van der Waals surface area contributed by atoms with E-state index in [1.165, 1.54) is 16.9 Å². The summed E-state index contributed by atoms with van der Waals surface area (Å²) in [6, 6.07) is 17.6. The Kier molecular flexibility index (Phi) is 6.23. The van der Waals surface area contributed by atoms with E-state index in [1.54, 1.807) is 24.3 Å². The maximum absolute atomic E-state index is 9.43. The summed E-state index contributed by atoms with van der Waals surface area (Å²) < 4.78 is 0. The fourth-order valence-corrected chi connectivity index (χ4v) is 3.46. The molecule has 0 spiro atoms. The fraction of sp³-hybridized carbons (Fsp3) is 0.190. The Bertz CT molecular complexity index is 967. The number of hydrazone groups is 1. The molecule has 6 heteroatoms. The number of thiazole rings is 1. The number of nitrogens with one attached hydrogen (secondary N) is 1. The lowest BCUT2D eigenvalue weighted by Gasteiger charge is -2.05. The van der Waals surface area contributed by atoms with Crippen LogP contribution in [0.2, 0.25) is 5.02 Å². The van der Waals surface area contributed by atoms with Gasteiger partial charge in [-0.3, -0.25) is 5.43 Å². The predicted molar refractivity (Wildman–Crippen MR) is 113 cm³/mol. The van der Waals surface area contributed by atoms with E-state index in [0.29, 0.717) is 15.9 Å². The Labute approximate surface area is 168 Å². The molecule has 4 nitrogen and oxygen atoms in total. The van der Waals surface area contributed by atoms with Crippen LogP contribution in [-0.4, -0.2) is 10.7 Å². The Hall–Kier alpha value is -2.68. The molecule has 0 amide bonds. The normalized spacial score (nSPS) is 11.4. The highest BCUT2D eigenvalue weighted by Gasteiger charge is 2.11. The van der Waals surface area contributed by atoms with E-state index >= 15 is 0 Å². The number of aromatic nitrogens is 1. The molecule has 0 aliphatic carbocycles. The summed E-state index contributed by atoms with van der Waals surface area (Å²) in [5.74, 6) is 0.629. The first-order chi connectivity index (χ1) is 13.0. The van der Waals surface area contributed by atoms with Crippen molar-refractivity contribution in [3.8, 4) is 17.3 Å². The molecule has 0 bridgehead atoms. The molecule has 0 fully saturated rings. The van der Waals surface area contributed by atoms with Crippen molar-refractivity contribution < 1.29 is 0 Å². The number of nitrogens with zero attached hydrogens (tertiary/aromatic N) is 3. The number of benzene rings is 2. The molecule has 136 valence electrons. The minimum absolute atomic E-state index is 0.248. The van der Waals surface area contributed by atoms with E-state index < -0.39 is 0 Å². The largest absolute Gasteiger partial charge is 0.277 e. The molecule has 1 heterocycles. The Balaban J connectivity index is 1.75. The number of rotatable bonds is 6. The van der Waals surface area contributed by atoms with Crippen LogP contribution in [0, 0.1) is 17.2 Å². The second-order valence-electron chi connectivity index (χ2n) is 6.52. The minimum Gasteiger partial charge on any atom is -0.277 e. The Morgan fingerprint density at radius 1 is 1.19 bits per heavy atom. The van der Waals surface area contributed by atoms with Crippen LogP contribution in [0.1, 0.15) is 24.4 Å². The van der Waals surface area contributed by atoms with Crippen molar-refractivity contribution in [2.45, 2.75) is 20.3 Å². The first kappa shape index (κ1) is 19.1. The lowest BCUT2D eigenvalue weighted by Crippen LogP contribution is -2.01. The van der Waals surface area contributed by atoms with Crippen LogP contribution < -0.4 is 5.43 Å². The SMILES string of the molecule is CC(C)Cc1ccc(-c2csc(C(C#N)=NNc3ccc(Cl)cc3)n2)cc1. The summed E-state index contributed by atoms with van der Waals surface area (Å²) in [5, 5.41) is 16.8. The fourth-order valence-electron chi connectivity index (χ4n) is 2.56. The molecule has 3 rings (SSSR count). The number of nitriles is 1. The highest BCUT2D eigenvalue weighted by atomic mass is 35.5. The van der Waals surface area contributed by atoms with Crippen LogP contribution in [0.4, 0.5) is 5.69 Å². The van der Waals surface area contributed by atoms with Crippen LogP contribution in [0.5, 0.6) is 0 Å². The van der Waals surface area contributed by atoms with Gasteiger partial charge in [0.1, 0.15) is 6.07 Å². The van der Waals surface area contributed by atoms with Gasteiger partial charge in [0.2, 0.25) is 0 Å². The van der Waals surface area contributed by atoms with Crippen LogP contribution in [-0.2, 0) is 6.42 Å². The third-order valence-corrected chi connectivity index (χ3v) is 4.95. The quantitative estimate of drug-likeness (QED) is 0.411. The zero-order chi connectivity index (χ0) is 19.2. The summed E-state index contributed by atoms with van der Waals surface area (Å²) in [6.45, 7) is 4.42. The topological polar surface area (TPSA) is 61.1 Å². The van der Waals surface area contributed by atoms with Crippen LogP contribution in [0.15, 0.2) is 59.0 Å². The molecule has 2 aromatic carbocycles. The number of anilines is 1. The summed E-state index contributed by atoms with van der Waals surface area (Å²) in [4.78, 5) is 4.57. The molecule has 1 N–H and O–H groups in total. The highest BCUT2D eigenvalue weighted by molar-refractivity contribution is 7.12. The molecule has 0 unspecified atom stereocenters. The van der Waals surface area contributed by atoms with Crippen molar-refractivity contribution in [3.05, 3.63) is 69.5 Å². The van der Waals surface area contributed by atoms with E-state index in [2.05, 4.69) is 59.7 Å². The molecule has 3 aromatic rings. The number of hydrogen-bond donors (Lipinski definition) is 1. The second-order valence-corrected chi connectivity index (χ2v) is 7.82. The standard InChI is InChI=1S/C21H19ClN4S/c1-14(2)11-15-3-5-16(6-4-15)20-13-27-21(24-20)19(12-23)26-25-18-9-7-17(22)8-10-18/h3-10,13-14,25H,11H2,1-2H3. The van der Waals surface area contributed by atoms with Crippen molar-refractivity contribution in [2.75, 3.05) is 5.43 Å². The van der Waals surface area contributed by atoms with E-state index in [1.807, 2.05) is 5.38 Å². The molecule has 0 aliphatic rings. The summed E-state index contributed by atoms with van der Waals surface area (Å²) in [7, 11) is 0. The average molecular weight is 395 g/mol. The predicted octanol–water partition coefficient (Wildman–Crippen LogP) is 6.00. The molecular weight excluding hydrogens is 376 g/mol. The first-order valence-electron chi connectivity index (χ1n) is 8.59. The van der Waals surface area contributed by atoms with Crippen molar-refractivity contribution >= 4 is 34.3 Å². The third kappa shape index (κ3) is 5.16. The van der Waals surface area contributed by atoms with Crippen molar-refractivity contribution in [3.63, 3.8) is 0 Å². The van der Waals surface area contributed by atoms with Gasteiger partial charge in [0, 0.05) is 16.0 Å². The monoisotopic (exact) mass is 394 g/mol. The summed E-state index contributed by atoms with van der Waals surface area (Å²) >= 11 is 7.27. The molecule has 0 atom stereocenters. The van der Waals surface area contributed by atoms with Gasteiger partial charge in [0.25, 0.3) is 0 Å². The molecular formula is C21H19ClN4S. The zero-order valence-electron chi connectivity index (χ0n) is 15.1. The summed E-state index contributed by atoms with van der Waals surface area (Å²) in [5.41, 5.74) is 7.07. The van der Waals surface area contributed by atoms with Crippen molar-refractivity contribution in [1.29, 1.82) is 5.26 Å². The molecule has 27 heavy (non-hydrogen) atoms. The van der Waals surface area contributed by atoms with E-state index in [-0.39, 0.29) is 5.71 Å². The lowest BCUT2D eigenvalue weighted by molar-refractivity contribution is 0.647. The van der Waals surface area contributed by atoms with Crippen LogP contribution in [0.3, 0.4) is 0 Å². The first-order valence-corrected chi connectivity index (χ1v) is 9.85. The third-order valence-electron chi connectivity index (χ3n) is 3.85. The van der Waals surface area contributed by atoms with Crippen LogP contribution in [0.25, 0.3) is 11.3 Å². The van der Waals surface area contributed by atoms with Gasteiger partial charge in [-0.05, 0) is 42.2 Å². The van der Waals surface area contributed by atoms with E-state index in [0.717, 1.165) is 23.4 Å². The van der Waals surface area contributed by atoms with Gasteiger partial charge in [-0.15, -0.1) is 11.3 Å². The highest BCUT2D eigenvalue weighted by Crippen LogP contribution is 2.23. The maximum atomic E-state index is 9.43. The Morgan fingerprint density at radius 2 is 1.89 bits per heavy atom. The molecule has 0 saturated carbocycles. The zero-order valence-corrected chi connectivity index (χ0v) is 16.7.